The van der Waals surface area contributed by atoms with Crippen molar-refractivity contribution in [3.63, 3.8) is 0 Å². The average Bonchev–Trinajstić information content (AvgIpc) is 2.24. The summed E-state index contributed by atoms with van der Waals surface area (Å²) < 4.78 is 5.78. The monoisotopic (exact) mass is 242 g/mol. The molecule has 1 N–H and O–H groups in total. The molecule has 1 saturated heterocycles. The Balaban J connectivity index is 2.36. The van der Waals surface area contributed by atoms with Crippen molar-refractivity contribution in [1.29, 1.82) is 0 Å². The second-order valence-corrected chi connectivity index (χ2v) is 5.42. The summed E-state index contributed by atoms with van der Waals surface area (Å²) in [6.07, 6.45) is 4.52. The Labute approximate surface area is 107 Å². The van der Waals surface area contributed by atoms with E-state index < -0.39 is 0 Å². The molecule has 1 fully saturated rings. The molecule has 0 aromatic heterocycles. The van der Waals surface area contributed by atoms with Crippen LogP contribution in [0.4, 0.5) is 0 Å². The molecule has 1 rings (SSSR count). The van der Waals surface area contributed by atoms with Crippen molar-refractivity contribution in [3.05, 3.63) is 0 Å². The van der Waals surface area contributed by atoms with Gasteiger partial charge in [0.05, 0.1) is 12.2 Å². The summed E-state index contributed by atoms with van der Waals surface area (Å²) in [6, 6.07) is 0.650. The lowest BCUT2D eigenvalue weighted by Crippen LogP contribution is -2.50. The van der Waals surface area contributed by atoms with Crippen molar-refractivity contribution < 1.29 is 4.74 Å². The smallest absolute Gasteiger partial charge is 0.0678 e. The molecule has 3 heteroatoms. The third-order valence-electron chi connectivity index (χ3n) is 3.29. The first-order valence-corrected chi connectivity index (χ1v) is 7.26. The number of rotatable bonds is 7. The van der Waals surface area contributed by atoms with E-state index in [2.05, 4.69) is 37.9 Å². The number of hydrogen-bond acceptors (Lipinski definition) is 3. The molecule has 102 valence electrons. The topological polar surface area (TPSA) is 24.5 Å². The lowest BCUT2D eigenvalue weighted by atomic mass is 10.1. The Morgan fingerprint density at radius 3 is 2.35 bits per heavy atom. The molecule has 0 saturated carbocycles. The fourth-order valence-electron chi connectivity index (χ4n) is 2.70. The molecule has 0 aliphatic carbocycles. The van der Waals surface area contributed by atoms with E-state index in [9.17, 15) is 0 Å². The molecule has 0 bridgehead atoms. The minimum Gasteiger partial charge on any atom is -0.373 e. The normalized spacial score (nSPS) is 28.2. The zero-order valence-corrected chi connectivity index (χ0v) is 12.0. The Hall–Kier alpha value is -0.120. The van der Waals surface area contributed by atoms with Crippen molar-refractivity contribution in [2.75, 3.05) is 26.2 Å². The van der Waals surface area contributed by atoms with Crippen LogP contribution in [0.25, 0.3) is 0 Å². The van der Waals surface area contributed by atoms with Gasteiger partial charge in [0.25, 0.3) is 0 Å². The molecule has 0 aromatic carbocycles. The van der Waals surface area contributed by atoms with Gasteiger partial charge < -0.3 is 10.1 Å². The molecular formula is C14H30N2O. The van der Waals surface area contributed by atoms with Crippen molar-refractivity contribution in [3.8, 4) is 0 Å². The first kappa shape index (κ1) is 14.9. The van der Waals surface area contributed by atoms with Crippen LogP contribution in [0.5, 0.6) is 0 Å². The van der Waals surface area contributed by atoms with Crippen LogP contribution in [0.2, 0.25) is 0 Å². The van der Waals surface area contributed by atoms with E-state index in [0.717, 1.165) is 19.6 Å². The van der Waals surface area contributed by atoms with Crippen LogP contribution in [0, 0.1) is 0 Å². The van der Waals surface area contributed by atoms with Gasteiger partial charge in [0.2, 0.25) is 0 Å². The molecule has 1 heterocycles. The van der Waals surface area contributed by atoms with Gasteiger partial charge in [0, 0.05) is 25.7 Å². The Bertz CT molecular complexity index is 189. The highest BCUT2D eigenvalue weighted by molar-refractivity contribution is 4.78. The largest absolute Gasteiger partial charge is 0.373 e. The van der Waals surface area contributed by atoms with E-state index in [4.69, 9.17) is 4.74 Å². The third kappa shape index (κ3) is 5.84. The third-order valence-corrected chi connectivity index (χ3v) is 3.29. The number of ether oxygens (including phenoxy) is 1. The van der Waals surface area contributed by atoms with Gasteiger partial charge in [0.1, 0.15) is 0 Å². The highest BCUT2D eigenvalue weighted by atomic mass is 16.5. The van der Waals surface area contributed by atoms with Gasteiger partial charge in [-0.1, -0.05) is 20.3 Å². The molecular weight excluding hydrogens is 212 g/mol. The standard InChI is InChI=1S/C14H30N2O/c1-5-7-14(15-8-6-2)11-16-9-12(3)17-13(4)10-16/h12-15H,5-11H2,1-4H3/t12-,13+,14?. The summed E-state index contributed by atoms with van der Waals surface area (Å²) in [5, 5.41) is 3.66. The summed E-state index contributed by atoms with van der Waals surface area (Å²) in [4.78, 5) is 2.56. The molecule has 0 amide bonds. The van der Waals surface area contributed by atoms with Gasteiger partial charge in [0.15, 0.2) is 0 Å². The lowest BCUT2D eigenvalue weighted by Gasteiger charge is -2.37. The number of hydrogen-bond donors (Lipinski definition) is 1. The van der Waals surface area contributed by atoms with Gasteiger partial charge in [-0.3, -0.25) is 4.90 Å². The Morgan fingerprint density at radius 1 is 1.18 bits per heavy atom. The quantitative estimate of drug-likeness (QED) is 0.741. The summed E-state index contributed by atoms with van der Waals surface area (Å²) >= 11 is 0. The summed E-state index contributed by atoms with van der Waals surface area (Å²) in [5.74, 6) is 0. The van der Waals surface area contributed by atoms with Gasteiger partial charge in [-0.05, 0) is 33.2 Å². The number of morpholine rings is 1. The number of nitrogens with one attached hydrogen (secondary N) is 1. The van der Waals surface area contributed by atoms with Gasteiger partial charge in [-0.15, -0.1) is 0 Å². The van der Waals surface area contributed by atoms with Gasteiger partial charge >= 0.3 is 0 Å². The average molecular weight is 242 g/mol. The summed E-state index contributed by atoms with van der Waals surface area (Å²) in [6.45, 7) is 13.3. The number of nitrogens with zero attached hydrogens (tertiary/aromatic N) is 1. The Morgan fingerprint density at radius 2 is 1.82 bits per heavy atom. The first-order valence-electron chi connectivity index (χ1n) is 7.26. The molecule has 1 aliphatic heterocycles. The molecule has 3 nitrogen and oxygen atoms in total. The van der Waals surface area contributed by atoms with E-state index in [1.54, 1.807) is 0 Å². The van der Waals surface area contributed by atoms with Gasteiger partial charge in [-0.2, -0.15) is 0 Å². The van der Waals surface area contributed by atoms with Crippen LogP contribution in [0.1, 0.15) is 47.0 Å². The minimum absolute atomic E-state index is 0.382. The molecule has 0 aromatic rings. The molecule has 0 radical (unpaired) electrons. The highest BCUT2D eigenvalue weighted by Gasteiger charge is 2.23. The summed E-state index contributed by atoms with van der Waals surface area (Å²) in [5.41, 5.74) is 0. The van der Waals surface area contributed by atoms with Crippen LogP contribution in [-0.2, 0) is 4.74 Å². The maximum Gasteiger partial charge on any atom is 0.0678 e. The molecule has 3 atom stereocenters. The van der Waals surface area contributed by atoms with Gasteiger partial charge in [-0.25, -0.2) is 0 Å². The van der Waals surface area contributed by atoms with Crippen molar-refractivity contribution in [1.82, 2.24) is 10.2 Å². The van der Waals surface area contributed by atoms with Crippen molar-refractivity contribution >= 4 is 0 Å². The summed E-state index contributed by atoms with van der Waals surface area (Å²) in [7, 11) is 0. The lowest BCUT2D eigenvalue weighted by molar-refractivity contribution is -0.0700. The second-order valence-electron chi connectivity index (χ2n) is 5.42. The maximum atomic E-state index is 5.78. The maximum absolute atomic E-state index is 5.78. The van der Waals surface area contributed by atoms with E-state index in [1.807, 2.05) is 0 Å². The van der Waals surface area contributed by atoms with Crippen LogP contribution < -0.4 is 5.32 Å². The van der Waals surface area contributed by atoms with E-state index in [0.29, 0.717) is 18.2 Å². The predicted molar refractivity (Wildman–Crippen MR) is 73.4 cm³/mol. The second kappa shape index (κ2) is 8.06. The minimum atomic E-state index is 0.382. The highest BCUT2D eigenvalue weighted by Crippen LogP contribution is 2.12. The molecule has 0 spiro atoms. The van der Waals surface area contributed by atoms with Crippen LogP contribution in [0.15, 0.2) is 0 Å². The van der Waals surface area contributed by atoms with Crippen LogP contribution in [0.3, 0.4) is 0 Å². The van der Waals surface area contributed by atoms with Crippen molar-refractivity contribution in [2.45, 2.75) is 65.2 Å². The van der Waals surface area contributed by atoms with Crippen molar-refractivity contribution in [2.24, 2.45) is 0 Å². The molecule has 17 heavy (non-hydrogen) atoms. The molecule has 1 aliphatic rings. The zero-order valence-electron chi connectivity index (χ0n) is 12.0. The van der Waals surface area contributed by atoms with E-state index in [-0.39, 0.29) is 0 Å². The van der Waals surface area contributed by atoms with Crippen LogP contribution >= 0.6 is 0 Å². The fourth-order valence-corrected chi connectivity index (χ4v) is 2.70. The van der Waals surface area contributed by atoms with E-state index in [1.165, 1.54) is 25.8 Å². The SMILES string of the molecule is CCCNC(CCC)CN1C[C@@H](C)O[C@@H](C)C1. The molecule has 1 unspecified atom stereocenters. The van der Waals surface area contributed by atoms with E-state index >= 15 is 0 Å². The first-order chi connectivity index (χ1) is 8.15. The zero-order chi connectivity index (χ0) is 12.7. The Kier molecular flexibility index (Phi) is 7.09. The predicted octanol–water partition coefficient (Wildman–Crippen LogP) is 2.26. The fraction of sp³-hybridized carbons (Fsp3) is 1.00. The van der Waals surface area contributed by atoms with Crippen LogP contribution in [-0.4, -0.2) is 49.3 Å².